The third kappa shape index (κ3) is 4.21. The number of nitrogens with one attached hydrogen (secondary N) is 1. The average molecular weight is 464 g/mol. The molecule has 33 heavy (non-hydrogen) atoms. The molecule has 0 spiro atoms. The Labute approximate surface area is 194 Å². The third-order valence-electron chi connectivity index (χ3n) is 6.12. The molecule has 2 aromatic carbocycles. The van der Waals surface area contributed by atoms with Crippen molar-refractivity contribution in [1.82, 2.24) is 20.2 Å². The van der Waals surface area contributed by atoms with Crippen molar-refractivity contribution in [3.8, 4) is 11.3 Å². The van der Waals surface area contributed by atoms with Crippen LogP contribution in [0.4, 0.5) is 14.9 Å². The van der Waals surface area contributed by atoms with Crippen molar-refractivity contribution >= 4 is 45.6 Å². The molecular weight excluding hydrogens is 441 g/mol. The number of carbonyl (C=O) groups is 2. The van der Waals surface area contributed by atoms with E-state index in [4.69, 9.17) is 0 Å². The van der Waals surface area contributed by atoms with Crippen LogP contribution in [0, 0.1) is 5.82 Å². The van der Waals surface area contributed by atoms with Gasteiger partial charge in [0, 0.05) is 36.6 Å². The first kappa shape index (κ1) is 21.5. The van der Waals surface area contributed by atoms with Crippen LogP contribution >= 0.6 is 11.8 Å². The van der Waals surface area contributed by atoms with Crippen LogP contribution in [0.1, 0.15) is 12.5 Å². The Bertz CT molecular complexity index is 1310. The number of hydrogen-bond donors (Lipinski definition) is 1. The molecule has 9 heteroatoms. The van der Waals surface area contributed by atoms with Gasteiger partial charge in [0.25, 0.3) is 11.1 Å². The van der Waals surface area contributed by atoms with Gasteiger partial charge >= 0.3 is 0 Å². The monoisotopic (exact) mass is 463 g/mol. The van der Waals surface area contributed by atoms with Crippen molar-refractivity contribution in [2.75, 3.05) is 31.6 Å². The quantitative estimate of drug-likeness (QED) is 0.590. The van der Waals surface area contributed by atoms with Crippen molar-refractivity contribution < 1.29 is 14.0 Å². The second-order valence-corrected chi connectivity index (χ2v) is 9.31. The van der Waals surface area contributed by atoms with Crippen LogP contribution in [0.15, 0.2) is 47.6 Å². The molecule has 0 saturated carbocycles. The number of likely N-dealkylation sites (N-methyl/N-ethyl adjacent to an activating group) is 1. The van der Waals surface area contributed by atoms with Gasteiger partial charge in [-0.05, 0) is 61.6 Å². The van der Waals surface area contributed by atoms with Gasteiger partial charge in [0.1, 0.15) is 12.1 Å². The van der Waals surface area contributed by atoms with Gasteiger partial charge in [-0.3, -0.25) is 14.9 Å². The number of nitrogens with zero attached hydrogens (tertiary/aromatic N) is 4. The molecule has 2 fully saturated rings. The summed E-state index contributed by atoms with van der Waals surface area (Å²) in [5.41, 5.74) is 3.29. The number of benzene rings is 2. The maximum Gasteiger partial charge on any atom is 0.290 e. The summed E-state index contributed by atoms with van der Waals surface area (Å²) in [6.45, 7) is 4.58. The molecule has 3 heterocycles. The summed E-state index contributed by atoms with van der Waals surface area (Å²) < 4.78 is 15.2. The van der Waals surface area contributed by atoms with Gasteiger partial charge in [-0.25, -0.2) is 14.4 Å². The molecule has 0 aliphatic carbocycles. The SMILES string of the molecule is CC1CN(c2ccc(-c3ncnc4ccc(/C=C5\SC(=O)NC5=O)cc34)cc2F)CCN1C. The second-order valence-electron chi connectivity index (χ2n) is 8.29. The zero-order valence-corrected chi connectivity index (χ0v) is 19.0. The van der Waals surface area contributed by atoms with Crippen molar-refractivity contribution in [2.45, 2.75) is 13.0 Å². The first-order chi connectivity index (χ1) is 15.9. The number of thioether (sulfide) groups is 1. The van der Waals surface area contributed by atoms with E-state index in [2.05, 4.69) is 39.1 Å². The number of imide groups is 1. The summed E-state index contributed by atoms with van der Waals surface area (Å²) in [6, 6.07) is 11.1. The standard InChI is InChI=1S/C24H22FN5O2S/c1-14-12-30(8-7-29(14)2)20-6-4-16(11-18(20)25)22-17-9-15(3-5-19(17)26-13-27-22)10-21-23(31)28-24(32)33-21/h3-6,9-11,13-14H,7-8,12H2,1-2H3,(H,28,31,32)/b21-10-. The number of anilines is 1. The highest BCUT2D eigenvalue weighted by molar-refractivity contribution is 8.18. The first-order valence-corrected chi connectivity index (χ1v) is 11.5. The fraction of sp³-hybridized carbons (Fsp3) is 0.250. The van der Waals surface area contributed by atoms with Crippen molar-refractivity contribution in [2.24, 2.45) is 0 Å². The van der Waals surface area contributed by atoms with E-state index < -0.39 is 5.91 Å². The number of carbonyl (C=O) groups excluding carboxylic acids is 2. The van der Waals surface area contributed by atoms with E-state index in [1.165, 1.54) is 12.4 Å². The maximum atomic E-state index is 15.2. The summed E-state index contributed by atoms with van der Waals surface area (Å²) in [7, 11) is 2.08. The fourth-order valence-corrected chi connectivity index (χ4v) is 4.83. The minimum absolute atomic E-state index is 0.285. The Morgan fingerprint density at radius 1 is 1.15 bits per heavy atom. The van der Waals surface area contributed by atoms with Crippen molar-refractivity contribution in [1.29, 1.82) is 0 Å². The highest BCUT2D eigenvalue weighted by Gasteiger charge is 2.25. The number of hydrogen-bond acceptors (Lipinski definition) is 7. The molecule has 7 nitrogen and oxygen atoms in total. The van der Waals surface area contributed by atoms with E-state index in [-0.39, 0.29) is 11.1 Å². The Hall–Kier alpha value is -3.30. The number of amides is 2. The smallest absolute Gasteiger partial charge is 0.290 e. The lowest BCUT2D eigenvalue weighted by atomic mass is 10.0. The number of rotatable bonds is 3. The molecule has 168 valence electrons. The summed E-state index contributed by atoms with van der Waals surface area (Å²) in [5.74, 6) is -0.697. The highest BCUT2D eigenvalue weighted by Crippen LogP contribution is 2.32. The topological polar surface area (TPSA) is 78.4 Å². The molecule has 2 aliphatic heterocycles. The van der Waals surface area contributed by atoms with E-state index in [1.54, 1.807) is 6.08 Å². The van der Waals surface area contributed by atoms with E-state index >= 15 is 4.39 Å². The van der Waals surface area contributed by atoms with Gasteiger partial charge < -0.3 is 9.80 Å². The number of aromatic nitrogens is 2. The van der Waals surface area contributed by atoms with E-state index in [0.717, 1.165) is 42.3 Å². The van der Waals surface area contributed by atoms with Crippen LogP contribution in [0.3, 0.4) is 0 Å². The predicted molar refractivity (Wildman–Crippen MR) is 128 cm³/mol. The summed E-state index contributed by atoms with van der Waals surface area (Å²) in [4.78, 5) is 36.8. The Morgan fingerprint density at radius 2 is 2.00 bits per heavy atom. The molecule has 3 aromatic rings. The molecule has 1 aromatic heterocycles. The van der Waals surface area contributed by atoms with Gasteiger partial charge in [-0.2, -0.15) is 0 Å². The normalized spacial score (nSPS) is 20.6. The summed E-state index contributed by atoms with van der Waals surface area (Å²) in [6.07, 6.45) is 3.11. The molecule has 1 atom stereocenters. The Kier molecular flexibility index (Phi) is 5.59. The molecule has 2 aliphatic rings. The lowest BCUT2D eigenvalue weighted by Gasteiger charge is -2.39. The predicted octanol–water partition coefficient (Wildman–Crippen LogP) is 3.90. The minimum Gasteiger partial charge on any atom is -0.366 e. The lowest BCUT2D eigenvalue weighted by molar-refractivity contribution is -0.115. The second kappa shape index (κ2) is 8.57. The van der Waals surface area contributed by atoms with Crippen molar-refractivity contribution in [3.05, 3.63) is 59.0 Å². The summed E-state index contributed by atoms with van der Waals surface area (Å²) in [5, 5.41) is 2.60. The van der Waals surface area contributed by atoms with Crippen molar-refractivity contribution in [3.63, 3.8) is 0 Å². The fourth-order valence-electron chi connectivity index (χ4n) is 4.14. The van der Waals surface area contributed by atoms with Crippen LogP contribution in [0.5, 0.6) is 0 Å². The van der Waals surface area contributed by atoms with Gasteiger partial charge in [0.2, 0.25) is 0 Å². The largest absolute Gasteiger partial charge is 0.366 e. The molecule has 1 unspecified atom stereocenters. The molecular formula is C24H22FN5O2S. The number of piperazine rings is 1. The molecule has 2 amide bonds. The zero-order chi connectivity index (χ0) is 23.1. The van der Waals surface area contributed by atoms with Gasteiger partial charge in [-0.15, -0.1) is 0 Å². The molecule has 2 saturated heterocycles. The Morgan fingerprint density at radius 3 is 2.73 bits per heavy atom. The van der Waals surface area contributed by atoms with Crippen LogP contribution in [-0.2, 0) is 4.79 Å². The molecule has 5 rings (SSSR count). The van der Waals surface area contributed by atoms with Crippen LogP contribution in [0.25, 0.3) is 28.2 Å². The van der Waals surface area contributed by atoms with E-state index in [1.807, 2.05) is 30.3 Å². The van der Waals surface area contributed by atoms with Gasteiger partial charge in [0.05, 0.1) is 21.8 Å². The van der Waals surface area contributed by atoms with Crippen LogP contribution in [0.2, 0.25) is 0 Å². The molecule has 1 N–H and O–H groups in total. The zero-order valence-electron chi connectivity index (χ0n) is 18.2. The average Bonchev–Trinajstić information content (AvgIpc) is 3.11. The molecule has 0 bridgehead atoms. The third-order valence-corrected chi connectivity index (χ3v) is 6.93. The van der Waals surface area contributed by atoms with Crippen LogP contribution in [-0.4, -0.2) is 58.7 Å². The number of fused-ring (bicyclic) bond motifs is 1. The number of halogens is 1. The van der Waals surface area contributed by atoms with E-state index in [9.17, 15) is 9.59 Å². The maximum absolute atomic E-state index is 15.2. The van der Waals surface area contributed by atoms with E-state index in [0.29, 0.717) is 33.4 Å². The van der Waals surface area contributed by atoms with Crippen LogP contribution < -0.4 is 10.2 Å². The molecule has 0 radical (unpaired) electrons. The Balaban J connectivity index is 1.51. The van der Waals surface area contributed by atoms with Gasteiger partial charge in [0.15, 0.2) is 0 Å². The summed E-state index contributed by atoms with van der Waals surface area (Å²) >= 11 is 0.865. The highest BCUT2D eigenvalue weighted by atomic mass is 32.2. The lowest BCUT2D eigenvalue weighted by Crippen LogP contribution is -2.50. The van der Waals surface area contributed by atoms with Gasteiger partial charge in [-0.1, -0.05) is 12.1 Å². The minimum atomic E-state index is -0.412. The first-order valence-electron chi connectivity index (χ1n) is 10.6.